The van der Waals surface area contributed by atoms with Crippen molar-refractivity contribution in [3.63, 3.8) is 0 Å². The zero-order chi connectivity index (χ0) is 13.1. The Morgan fingerprint density at radius 2 is 2.32 bits per heavy atom. The van der Waals surface area contributed by atoms with E-state index in [1.807, 2.05) is 0 Å². The first kappa shape index (κ1) is 12.1. The second-order valence-corrected chi connectivity index (χ2v) is 4.76. The van der Waals surface area contributed by atoms with E-state index in [0.717, 1.165) is 25.4 Å². The molecule has 1 aliphatic rings. The van der Waals surface area contributed by atoms with Crippen LogP contribution in [-0.4, -0.2) is 27.8 Å². The minimum Gasteiger partial charge on any atom is -0.420 e. The Morgan fingerprint density at radius 1 is 1.42 bits per heavy atom. The lowest BCUT2D eigenvalue weighted by Gasteiger charge is -1.99. The van der Waals surface area contributed by atoms with Gasteiger partial charge < -0.3 is 14.7 Å². The molecule has 2 aromatic rings. The van der Waals surface area contributed by atoms with Gasteiger partial charge in [-0.25, -0.2) is 0 Å². The summed E-state index contributed by atoms with van der Waals surface area (Å²) in [5.41, 5.74) is 0.293. The molecule has 0 atom stereocenters. The molecule has 0 aliphatic heterocycles. The summed E-state index contributed by atoms with van der Waals surface area (Å²) in [4.78, 5) is 14.5. The number of hydrogen-bond acceptors (Lipinski definition) is 5. The molecule has 0 spiro atoms. The average Bonchev–Trinajstić information content (AvgIpc) is 3.13. The first-order valence-corrected chi connectivity index (χ1v) is 6.56. The molecular formula is C13H16N4O2. The number of nitrogens with one attached hydrogen (secondary N) is 2. The van der Waals surface area contributed by atoms with Gasteiger partial charge in [0.1, 0.15) is 5.56 Å². The molecule has 0 amide bonds. The number of aromatic amines is 1. The van der Waals surface area contributed by atoms with Gasteiger partial charge >= 0.3 is 0 Å². The molecule has 2 heterocycles. The Bertz CT molecular complexity index is 600. The van der Waals surface area contributed by atoms with Gasteiger partial charge in [-0.2, -0.15) is 0 Å². The topological polar surface area (TPSA) is 83.8 Å². The van der Waals surface area contributed by atoms with Crippen LogP contribution in [0.3, 0.4) is 0 Å². The van der Waals surface area contributed by atoms with E-state index < -0.39 is 0 Å². The van der Waals surface area contributed by atoms with Crippen LogP contribution in [0.25, 0.3) is 11.5 Å². The average molecular weight is 260 g/mol. The van der Waals surface area contributed by atoms with Crippen LogP contribution < -0.4 is 10.7 Å². The summed E-state index contributed by atoms with van der Waals surface area (Å²) in [5.74, 6) is 0.864. The van der Waals surface area contributed by atoms with Crippen molar-refractivity contribution in [2.24, 2.45) is 0 Å². The van der Waals surface area contributed by atoms with Gasteiger partial charge in [-0.05, 0) is 25.8 Å². The third kappa shape index (κ3) is 3.08. The molecule has 0 bridgehead atoms. The highest BCUT2D eigenvalue weighted by Crippen LogP contribution is 2.18. The molecule has 100 valence electrons. The Balaban J connectivity index is 1.59. The van der Waals surface area contributed by atoms with E-state index in [9.17, 15) is 4.79 Å². The van der Waals surface area contributed by atoms with Crippen LogP contribution in [0.15, 0.2) is 27.7 Å². The molecule has 2 N–H and O–H groups in total. The third-order valence-corrected chi connectivity index (χ3v) is 3.10. The lowest BCUT2D eigenvalue weighted by molar-refractivity contribution is 0.490. The predicted molar refractivity (Wildman–Crippen MR) is 69.7 cm³/mol. The zero-order valence-corrected chi connectivity index (χ0v) is 10.6. The largest absolute Gasteiger partial charge is 0.420 e. The predicted octanol–water partition coefficient (Wildman–Crippen LogP) is 1.11. The van der Waals surface area contributed by atoms with Crippen molar-refractivity contribution in [3.05, 3.63) is 34.6 Å². The third-order valence-electron chi connectivity index (χ3n) is 3.10. The summed E-state index contributed by atoms with van der Waals surface area (Å²) in [6, 6.07) is 2.17. The Hall–Kier alpha value is -1.95. The number of hydrogen-bond donors (Lipinski definition) is 2. The molecule has 3 rings (SSSR count). The summed E-state index contributed by atoms with van der Waals surface area (Å²) in [7, 11) is 0. The molecule has 0 unspecified atom stereocenters. The van der Waals surface area contributed by atoms with Crippen LogP contribution in [0.5, 0.6) is 0 Å². The molecule has 2 aromatic heterocycles. The van der Waals surface area contributed by atoms with Gasteiger partial charge in [-0.1, -0.05) is 0 Å². The van der Waals surface area contributed by atoms with Crippen molar-refractivity contribution in [2.45, 2.75) is 31.7 Å². The standard InChI is InChI=1S/C13H16N4O2/c18-11-5-7-14-8-10(11)13-17-16-12(19-13)2-1-6-15-9-3-4-9/h5,7-9,15H,1-4,6H2,(H,14,18). The van der Waals surface area contributed by atoms with Gasteiger partial charge in [0.05, 0.1) is 0 Å². The van der Waals surface area contributed by atoms with Crippen molar-refractivity contribution in [1.29, 1.82) is 0 Å². The summed E-state index contributed by atoms with van der Waals surface area (Å²) in [6.45, 7) is 0.967. The SMILES string of the molecule is O=c1cc[nH]cc1-c1nnc(CCCNC2CC2)o1. The van der Waals surface area contributed by atoms with Gasteiger partial charge in [0, 0.05) is 30.9 Å². The Morgan fingerprint density at radius 3 is 3.11 bits per heavy atom. The van der Waals surface area contributed by atoms with Gasteiger partial charge in [0.15, 0.2) is 5.43 Å². The maximum atomic E-state index is 11.6. The van der Waals surface area contributed by atoms with Crippen molar-refractivity contribution >= 4 is 0 Å². The van der Waals surface area contributed by atoms with E-state index in [0.29, 0.717) is 11.5 Å². The Labute approximate surface area is 110 Å². The van der Waals surface area contributed by atoms with Crippen molar-refractivity contribution in [1.82, 2.24) is 20.5 Å². The first-order chi connectivity index (χ1) is 9.33. The molecular weight excluding hydrogens is 244 g/mol. The molecule has 0 aromatic carbocycles. The fraction of sp³-hybridized carbons (Fsp3) is 0.462. The fourth-order valence-corrected chi connectivity index (χ4v) is 1.88. The maximum absolute atomic E-state index is 11.6. The lowest BCUT2D eigenvalue weighted by atomic mass is 10.3. The highest BCUT2D eigenvalue weighted by atomic mass is 16.4. The number of aromatic nitrogens is 3. The second kappa shape index (κ2) is 5.36. The quantitative estimate of drug-likeness (QED) is 0.760. The Kier molecular flexibility index (Phi) is 3.41. The van der Waals surface area contributed by atoms with E-state index in [4.69, 9.17) is 4.42 Å². The van der Waals surface area contributed by atoms with Crippen LogP contribution >= 0.6 is 0 Å². The molecule has 0 saturated heterocycles. The lowest BCUT2D eigenvalue weighted by Crippen LogP contribution is -2.17. The number of H-pyrrole nitrogens is 1. The van der Waals surface area contributed by atoms with Crippen LogP contribution in [0.2, 0.25) is 0 Å². The fourth-order valence-electron chi connectivity index (χ4n) is 1.88. The van der Waals surface area contributed by atoms with Crippen molar-refractivity contribution < 1.29 is 4.42 Å². The number of rotatable bonds is 6. The highest BCUT2D eigenvalue weighted by molar-refractivity contribution is 5.49. The first-order valence-electron chi connectivity index (χ1n) is 6.56. The molecule has 19 heavy (non-hydrogen) atoms. The van der Waals surface area contributed by atoms with E-state index in [1.54, 1.807) is 12.4 Å². The maximum Gasteiger partial charge on any atom is 0.253 e. The van der Waals surface area contributed by atoms with Crippen molar-refractivity contribution in [2.75, 3.05) is 6.54 Å². The zero-order valence-electron chi connectivity index (χ0n) is 10.6. The number of pyridine rings is 1. The molecule has 1 saturated carbocycles. The molecule has 1 aliphatic carbocycles. The van der Waals surface area contributed by atoms with E-state index in [-0.39, 0.29) is 11.3 Å². The monoisotopic (exact) mass is 260 g/mol. The van der Waals surface area contributed by atoms with Gasteiger partial charge in [0.25, 0.3) is 5.89 Å². The molecule has 6 nitrogen and oxygen atoms in total. The van der Waals surface area contributed by atoms with Gasteiger partial charge in [-0.15, -0.1) is 10.2 Å². The van der Waals surface area contributed by atoms with E-state index in [2.05, 4.69) is 20.5 Å². The molecule has 6 heteroatoms. The molecule has 1 fully saturated rings. The van der Waals surface area contributed by atoms with Gasteiger partial charge in [0.2, 0.25) is 5.89 Å². The summed E-state index contributed by atoms with van der Waals surface area (Å²) in [6.07, 6.45) is 7.44. The van der Waals surface area contributed by atoms with E-state index >= 15 is 0 Å². The van der Waals surface area contributed by atoms with Crippen LogP contribution in [0, 0.1) is 0 Å². The normalized spacial score (nSPS) is 14.7. The van der Waals surface area contributed by atoms with Crippen LogP contribution in [0.1, 0.15) is 25.2 Å². The van der Waals surface area contributed by atoms with E-state index in [1.165, 1.54) is 18.9 Å². The molecule has 0 radical (unpaired) electrons. The highest BCUT2D eigenvalue weighted by Gasteiger charge is 2.19. The summed E-state index contributed by atoms with van der Waals surface area (Å²) >= 11 is 0. The summed E-state index contributed by atoms with van der Waals surface area (Å²) in [5, 5.41) is 11.3. The smallest absolute Gasteiger partial charge is 0.253 e. The number of nitrogens with zero attached hydrogens (tertiary/aromatic N) is 2. The van der Waals surface area contributed by atoms with Gasteiger partial charge in [-0.3, -0.25) is 4.79 Å². The minimum absolute atomic E-state index is 0.121. The minimum atomic E-state index is -0.121. The second-order valence-electron chi connectivity index (χ2n) is 4.76. The van der Waals surface area contributed by atoms with Crippen molar-refractivity contribution in [3.8, 4) is 11.5 Å². The number of aryl methyl sites for hydroxylation is 1. The summed E-state index contributed by atoms with van der Waals surface area (Å²) < 4.78 is 5.50. The van der Waals surface area contributed by atoms with Crippen LogP contribution in [-0.2, 0) is 6.42 Å². The van der Waals surface area contributed by atoms with Crippen LogP contribution in [0.4, 0.5) is 0 Å².